The smallest absolute Gasteiger partial charge is 0.241 e. The fourth-order valence-electron chi connectivity index (χ4n) is 1.24. The second-order valence-corrected chi connectivity index (χ2v) is 3.15. The van der Waals surface area contributed by atoms with Crippen LogP contribution in [0, 0.1) is 13.8 Å². The number of nitrogens with two attached hydrogens (primary N) is 1. The lowest BCUT2D eigenvalue weighted by atomic mass is 10.3. The van der Waals surface area contributed by atoms with Crippen molar-refractivity contribution in [1.29, 1.82) is 0 Å². The van der Waals surface area contributed by atoms with E-state index < -0.39 is 5.91 Å². The number of aromatic nitrogens is 3. The summed E-state index contributed by atoms with van der Waals surface area (Å²) < 4.78 is 1.74. The second-order valence-electron chi connectivity index (χ2n) is 3.15. The van der Waals surface area contributed by atoms with Crippen molar-refractivity contribution in [2.45, 2.75) is 26.8 Å². The summed E-state index contributed by atoms with van der Waals surface area (Å²) in [6.45, 7) is 5.61. The quantitative estimate of drug-likeness (QED) is 0.712. The molecule has 0 aliphatic heterocycles. The van der Waals surface area contributed by atoms with E-state index in [4.69, 9.17) is 5.73 Å². The van der Waals surface area contributed by atoms with Crippen LogP contribution in [0.5, 0.6) is 0 Å². The Morgan fingerprint density at radius 3 is 2.64 bits per heavy atom. The molecule has 5 nitrogen and oxygen atoms in total. The minimum Gasteiger partial charge on any atom is -0.366 e. The molecule has 1 atom stereocenters. The van der Waals surface area contributed by atoms with Crippen LogP contribution in [0.25, 0.3) is 0 Å². The minimum absolute atomic E-state index is 0.0105. The van der Waals surface area contributed by atoms with Gasteiger partial charge in [-0.2, -0.15) is 5.10 Å². The third-order valence-electron chi connectivity index (χ3n) is 1.83. The number of carbonyl (C=O) groups is 1. The van der Waals surface area contributed by atoms with Crippen LogP contribution >= 0.6 is 0 Å². The van der Waals surface area contributed by atoms with Crippen LogP contribution in [0.1, 0.15) is 24.6 Å². The van der Waals surface area contributed by atoms with Gasteiger partial charge in [0, 0.05) is 6.08 Å². The van der Waals surface area contributed by atoms with Crippen LogP contribution in [0.4, 0.5) is 0 Å². The molecule has 1 heterocycles. The molecule has 2 N–H and O–H groups in total. The van der Waals surface area contributed by atoms with Crippen LogP contribution in [0.15, 0.2) is 12.2 Å². The average molecular weight is 194 g/mol. The number of amides is 1. The average Bonchev–Trinajstić information content (AvgIpc) is 2.41. The summed E-state index contributed by atoms with van der Waals surface area (Å²) in [5.41, 5.74) is 4.99. The molecule has 14 heavy (non-hydrogen) atoms. The summed E-state index contributed by atoms with van der Waals surface area (Å²) in [5, 5.41) is 4.19. The fourth-order valence-corrected chi connectivity index (χ4v) is 1.24. The maximum absolute atomic E-state index is 10.5. The molecule has 5 heteroatoms. The van der Waals surface area contributed by atoms with Gasteiger partial charge in [-0.15, -0.1) is 0 Å². The van der Waals surface area contributed by atoms with Crippen molar-refractivity contribution < 1.29 is 4.79 Å². The molecule has 0 radical (unpaired) electrons. The Labute approximate surface area is 82.6 Å². The lowest BCUT2D eigenvalue weighted by Gasteiger charge is -2.07. The molecule has 0 saturated heterocycles. The predicted molar refractivity (Wildman–Crippen MR) is 52.5 cm³/mol. The summed E-state index contributed by atoms with van der Waals surface area (Å²) in [6.07, 6.45) is 3.03. The molecule has 0 aliphatic rings. The van der Waals surface area contributed by atoms with E-state index in [0.29, 0.717) is 0 Å². The first-order chi connectivity index (χ1) is 6.50. The molecule has 1 amide bonds. The molecule has 1 aromatic rings. The van der Waals surface area contributed by atoms with Crippen molar-refractivity contribution in [1.82, 2.24) is 14.8 Å². The number of hydrogen-bond donors (Lipinski definition) is 1. The van der Waals surface area contributed by atoms with E-state index in [-0.39, 0.29) is 6.04 Å². The SMILES string of the molecule is Cc1nc(C)n(C(C)/C=C\C(N)=O)n1. The van der Waals surface area contributed by atoms with Crippen molar-refractivity contribution in [3.05, 3.63) is 23.8 Å². The van der Waals surface area contributed by atoms with Crippen molar-refractivity contribution in [2.75, 3.05) is 0 Å². The maximum atomic E-state index is 10.5. The monoisotopic (exact) mass is 194 g/mol. The maximum Gasteiger partial charge on any atom is 0.241 e. The molecule has 0 aromatic carbocycles. The van der Waals surface area contributed by atoms with E-state index in [1.54, 1.807) is 10.8 Å². The Hall–Kier alpha value is -1.65. The van der Waals surface area contributed by atoms with Gasteiger partial charge in [-0.1, -0.05) is 6.08 Å². The molecule has 1 unspecified atom stereocenters. The Morgan fingerprint density at radius 1 is 1.57 bits per heavy atom. The molecule has 1 rings (SSSR count). The molecule has 0 aliphatic carbocycles. The zero-order chi connectivity index (χ0) is 10.7. The normalized spacial score (nSPS) is 13.4. The molecule has 76 valence electrons. The first-order valence-electron chi connectivity index (χ1n) is 4.38. The largest absolute Gasteiger partial charge is 0.366 e. The van der Waals surface area contributed by atoms with E-state index in [2.05, 4.69) is 10.1 Å². The molecule has 0 fully saturated rings. The summed E-state index contributed by atoms with van der Waals surface area (Å²) in [5.74, 6) is 1.09. The molecule has 0 bridgehead atoms. The topological polar surface area (TPSA) is 73.8 Å². The highest BCUT2D eigenvalue weighted by molar-refractivity contribution is 5.85. The molecular weight excluding hydrogens is 180 g/mol. The molecular formula is C9H14N4O. The highest BCUT2D eigenvalue weighted by atomic mass is 16.1. The number of rotatable bonds is 3. The van der Waals surface area contributed by atoms with Gasteiger partial charge >= 0.3 is 0 Å². The number of nitrogens with zero attached hydrogens (tertiary/aromatic N) is 3. The van der Waals surface area contributed by atoms with Gasteiger partial charge in [-0.3, -0.25) is 4.79 Å². The second kappa shape index (κ2) is 4.04. The van der Waals surface area contributed by atoms with Gasteiger partial charge in [0.15, 0.2) is 0 Å². The van der Waals surface area contributed by atoms with Gasteiger partial charge in [0.1, 0.15) is 11.6 Å². The molecule has 0 spiro atoms. The van der Waals surface area contributed by atoms with E-state index in [1.807, 2.05) is 20.8 Å². The minimum atomic E-state index is -0.452. The van der Waals surface area contributed by atoms with Gasteiger partial charge in [-0.05, 0) is 20.8 Å². The number of carbonyl (C=O) groups excluding carboxylic acids is 1. The predicted octanol–water partition coefficient (Wildman–Crippen LogP) is 0.497. The number of hydrogen-bond acceptors (Lipinski definition) is 3. The van der Waals surface area contributed by atoms with Gasteiger partial charge in [0.2, 0.25) is 5.91 Å². The molecule has 1 aromatic heterocycles. The van der Waals surface area contributed by atoms with Crippen LogP contribution < -0.4 is 5.73 Å². The van der Waals surface area contributed by atoms with E-state index in [1.165, 1.54) is 6.08 Å². The lowest BCUT2D eigenvalue weighted by Crippen LogP contribution is -2.10. The molecule has 0 saturated carbocycles. The Bertz CT molecular complexity index is 367. The summed E-state index contributed by atoms with van der Waals surface area (Å²) >= 11 is 0. The number of aryl methyl sites for hydroxylation is 2. The zero-order valence-electron chi connectivity index (χ0n) is 8.56. The Balaban J connectivity index is 2.84. The lowest BCUT2D eigenvalue weighted by molar-refractivity contribution is -0.113. The summed E-state index contributed by atoms with van der Waals surface area (Å²) in [6, 6.07) is -0.0105. The van der Waals surface area contributed by atoms with Crippen molar-refractivity contribution in [3.8, 4) is 0 Å². The zero-order valence-corrected chi connectivity index (χ0v) is 8.56. The Morgan fingerprint density at radius 2 is 2.21 bits per heavy atom. The fraction of sp³-hybridized carbons (Fsp3) is 0.444. The van der Waals surface area contributed by atoms with Crippen molar-refractivity contribution in [2.24, 2.45) is 5.73 Å². The van der Waals surface area contributed by atoms with Gasteiger partial charge < -0.3 is 5.73 Å². The highest BCUT2D eigenvalue weighted by Gasteiger charge is 2.07. The van der Waals surface area contributed by atoms with Crippen molar-refractivity contribution >= 4 is 5.91 Å². The first-order valence-corrected chi connectivity index (χ1v) is 4.38. The van der Waals surface area contributed by atoms with Crippen LogP contribution in [0.3, 0.4) is 0 Å². The van der Waals surface area contributed by atoms with Crippen LogP contribution in [-0.4, -0.2) is 20.7 Å². The van der Waals surface area contributed by atoms with Gasteiger partial charge in [-0.25, -0.2) is 9.67 Å². The third kappa shape index (κ3) is 2.42. The summed E-state index contributed by atoms with van der Waals surface area (Å²) in [7, 11) is 0. The van der Waals surface area contributed by atoms with Crippen LogP contribution in [0.2, 0.25) is 0 Å². The highest BCUT2D eigenvalue weighted by Crippen LogP contribution is 2.08. The Kier molecular flexibility index (Phi) is 3.01. The van der Waals surface area contributed by atoms with Gasteiger partial charge in [0.05, 0.1) is 6.04 Å². The summed E-state index contributed by atoms with van der Waals surface area (Å²) in [4.78, 5) is 14.7. The van der Waals surface area contributed by atoms with E-state index in [0.717, 1.165) is 11.6 Å². The van der Waals surface area contributed by atoms with Crippen molar-refractivity contribution in [3.63, 3.8) is 0 Å². The standard InChI is InChI=1S/C9H14N4O/c1-6(4-5-9(10)14)13-8(3)11-7(2)12-13/h4-6H,1-3H3,(H2,10,14)/b5-4-. The van der Waals surface area contributed by atoms with E-state index in [9.17, 15) is 4.79 Å². The number of primary amides is 1. The third-order valence-corrected chi connectivity index (χ3v) is 1.83. The number of allylic oxidation sites excluding steroid dienone is 1. The van der Waals surface area contributed by atoms with E-state index >= 15 is 0 Å². The first kappa shape index (κ1) is 10.4. The van der Waals surface area contributed by atoms with Gasteiger partial charge in [0.25, 0.3) is 0 Å². The van der Waals surface area contributed by atoms with Crippen LogP contribution in [-0.2, 0) is 4.79 Å².